The maximum absolute atomic E-state index is 12.3. The number of carbonyl (C=O) groups is 1. The van der Waals surface area contributed by atoms with E-state index < -0.39 is 0 Å². The van der Waals surface area contributed by atoms with Crippen LogP contribution in [0.2, 0.25) is 0 Å². The fourth-order valence-electron chi connectivity index (χ4n) is 2.59. The van der Waals surface area contributed by atoms with Gasteiger partial charge in [-0.2, -0.15) is 0 Å². The molecule has 0 spiro atoms. The van der Waals surface area contributed by atoms with Crippen molar-refractivity contribution in [1.82, 2.24) is 4.90 Å². The molecule has 3 aromatic rings. The van der Waals surface area contributed by atoms with Gasteiger partial charge in [0, 0.05) is 12.6 Å². The standard InChI is InChI=1S/C21H21NO3/c1-16-12-13-18(25-16)14-22(2)21(23)15-24-20-11-7-6-10-19(20)17-8-4-3-5-9-17/h3-13H,14-15H2,1-2H3. The summed E-state index contributed by atoms with van der Waals surface area (Å²) in [5.41, 5.74) is 2.03. The highest BCUT2D eigenvalue weighted by atomic mass is 16.5. The minimum absolute atomic E-state index is 0.0139. The van der Waals surface area contributed by atoms with Crippen LogP contribution in [-0.2, 0) is 11.3 Å². The van der Waals surface area contributed by atoms with E-state index in [0.717, 1.165) is 22.6 Å². The smallest absolute Gasteiger partial charge is 0.260 e. The minimum atomic E-state index is -0.100. The van der Waals surface area contributed by atoms with Crippen LogP contribution in [0.1, 0.15) is 11.5 Å². The number of benzene rings is 2. The van der Waals surface area contributed by atoms with E-state index in [0.29, 0.717) is 12.3 Å². The third-order valence-electron chi connectivity index (χ3n) is 3.94. The van der Waals surface area contributed by atoms with Crippen LogP contribution in [0.25, 0.3) is 11.1 Å². The first-order chi connectivity index (χ1) is 12.1. The lowest BCUT2D eigenvalue weighted by Crippen LogP contribution is -2.30. The number of rotatable bonds is 6. The van der Waals surface area contributed by atoms with Crippen LogP contribution in [-0.4, -0.2) is 24.5 Å². The number of hydrogen-bond donors (Lipinski definition) is 0. The minimum Gasteiger partial charge on any atom is -0.483 e. The molecule has 1 amide bonds. The van der Waals surface area contributed by atoms with Crippen molar-refractivity contribution in [2.24, 2.45) is 0 Å². The fourth-order valence-corrected chi connectivity index (χ4v) is 2.59. The number of furan rings is 1. The number of aryl methyl sites for hydroxylation is 1. The Hall–Kier alpha value is -3.01. The van der Waals surface area contributed by atoms with Gasteiger partial charge >= 0.3 is 0 Å². The Morgan fingerprint density at radius 3 is 2.44 bits per heavy atom. The first-order valence-electron chi connectivity index (χ1n) is 8.20. The molecule has 25 heavy (non-hydrogen) atoms. The zero-order valence-electron chi connectivity index (χ0n) is 14.4. The average molecular weight is 335 g/mol. The predicted molar refractivity (Wildman–Crippen MR) is 97.3 cm³/mol. The Balaban J connectivity index is 1.64. The molecule has 2 aromatic carbocycles. The van der Waals surface area contributed by atoms with Crippen molar-refractivity contribution >= 4 is 5.91 Å². The summed E-state index contributed by atoms with van der Waals surface area (Å²) in [7, 11) is 1.74. The lowest BCUT2D eigenvalue weighted by Gasteiger charge is -2.17. The molecule has 4 nitrogen and oxygen atoms in total. The van der Waals surface area contributed by atoms with Gasteiger partial charge in [-0.05, 0) is 30.7 Å². The van der Waals surface area contributed by atoms with Crippen molar-refractivity contribution in [3.8, 4) is 16.9 Å². The van der Waals surface area contributed by atoms with E-state index in [1.807, 2.05) is 73.7 Å². The Labute approximate surface area is 147 Å². The second kappa shape index (κ2) is 7.71. The summed E-state index contributed by atoms with van der Waals surface area (Å²) in [5, 5.41) is 0. The number of hydrogen-bond acceptors (Lipinski definition) is 3. The van der Waals surface area contributed by atoms with Gasteiger partial charge in [0.15, 0.2) is 6.61 Å². The molecule has 0 aliphatic carbocycles. The van der Waals surface area contributed by atoms with Gasteiger partial charge in [0.05, 0.1) is 6.54 Å². The van der Waals surface area contributed by atoms with Crippen LogP contribution in [0.15, 0.2) is 71.1 Å². The molecule has 0 saturated heterocycles. The molecular formula is C21H21NO3. The van der Waals surface area contributed by atoms with Crippen LogP contribution in [0.4, 0.5) is 0 Å². The molecule has 0 unspecified atom stereocenters. The molecular weight excluding hydrogens is 314 g/mol. The summed E-state index contributed by atoms with van der Waals surface area (Å²) >= 11 is 0. The van der Waals surface area contributed by atoms with Crippen molar-refractivity contribution in [2.75, 3.05) is 13.7 Å². The molecule has 0 aliphatic rings. The first-order valence-corrected chi connectivity index (χ1v) is 8.20. The van der Waals surface area contributed by atoms with Crippen molar-refractivity contribution in [1.29, 1.82) is 0 Å². The maximum Gasteiger partial charge on any atom is 0.260 e. The third kappa shape index (κ3) is 4.29. The summed E-state index contributed by atoms with van der Waals surface area (Å²) in [5.74, 6) is 2.20. The molecule has 1 aromatic heterocycles. The molecule has 0 bridgehead atoms. The normalized spacial score (nSPS) is 10.5. The molecule has 128 valence electrons. The van der Waals surface area contributed by atoms with Crippen molar-refractivity contribution in [3.63, 3.8) is 0 Å². The summed E-state index contributed by atoms with van der Waals surface area (Å²) < 4.78 is 11.3. The highest BCUT2D eigenvalue weighted by molar-refractivity contribution is 5.78. The van der Waals surface area contributed by atoms with Gasteiger partial charge in [-0.25, -0.2) is 0 Å². The molecule has 1 heterocycles. The lowest BCUT2D eigenvalue weighted by atomic mass is 10.1. The third-order valence-corrected chi connectivity index (χ3v) is 3.94. The fraction of sp³-hybridized carbons (Fsp3) is 0.190. The van der Waals surface area contributed by atoms with Crippen LogP contribution >= 0.6 is 0 Å². The van der Waals surface area contributed by atoms with Crippen molar-refractivity contribution in [2.45, 2.75) is 13.5 Å². The van der Waals surface area contributed by atoms with Crippen molar-refractivity contribution < 1.29 is 13.9 Å². The Morgan fingerprint density at radius 2 is 1.72 bits per heavy atom. The Kier molecular flexibility index (Phi) is 5.19. The summed E-state index contributed by atoms with van der Waals surface area (Å²) in [6, 6.07) is 21.5. The summed E-state index contributed by atoms with van der Waals surface area (Å²) in [6.07, 6.45) is 0. The SMILES string of the molecule is Cc1ccc(CN(C)C(=O)COc2ccccc2-c2ccccc2)o1. The van der Waals surface area contributed by atoms with Crippen molar-refractivity contribution in [3.05, 3.63) is 78.3 Å². The van der Waals surface area contributed by atoms with Crippen LogP contribution in [0, 0.1) is 6.92 Å². The van der Waals surface area contributed by atoms with E-state index in [1.165, 1.54) is 0 Å². The largest absolute Gasteiger partial charge is 0.483 e. The number of para-hydroxylation sites is 1. The van der Waals surface area contributed by atoms with E-state index >= 15 is 0 Å². The van der Waals surface area contributed by atoms with E-state index in [2.05, 4.69) is 0 Å². The van der Waals surface area contributed by atoms with E-state index in [1.54, 1.807) is 11.9 Å². The number of amides is 1. The van der Waals surface area contributed by atoms with E-state index in [-0.39, 0.29) is 12.5 Å². The number of nitrogens with zero attached hydrogens (tertiary/aromatic N) is 1. The van der Waals surface area contributed by atoms with Gasteiger partial charge in [-0.1, -0.05) is 48.5 Å². The van der Waals surface area contributed by atoms with Gasteiger partial charge in [0.25, 0.3) is 5.91 Å². The van der Waals surface area contributed by atoms with Gasteiger partial charge in [0.2, 0.25) is 0 Å². The molecule has 0 fully saturated rings. The average Bonchev–Trinajstić information content (AvgIpc) is 3.05. The predicted octanol–water partition coefficient (Wildman–Crippen LogP) is 4.29. The number of likely N-dealkylation sites (N-methyl/N-ethyl adjacent to an activating group) is 1. The van der Waals surface area contributed by atoms with Crippen LogP contribution in [0.3, 0.4) is 0 Å². The molecule has 0 aliphatic heterocycles. The van der Waals surface area contributed by atoms with Gasteiger partial charge in [0.1, 0.15) is 17.3 Å². The second-order valence-electron chi connectivity index (χ2n) is 5.91. The molecule has 0 radical (unpaired) electrons. The zero-order chi connectivity index (χ0) is 17.6. The molecule has 3 rings (SSSR count). The maximum atomic E-state index is 12.3. The Bertz CT molecular complexity index is 839. The summed E-state index contributed by atoms with van der Waals surface area (Å²) in [6.45, 7) is 2.30. The molecule has 4 heteroatoms. The molecule has 0 atom stereocenters. The lowest BCUT2D eigenvalue weighted by molar-refractivity contribution is -0.132. The van der Waals surface area contributed by atoms with Gasteiger partial charge < -0.3 is 14.1 Å². The van der Waals surface area contributed by atoms with Gasteiger partial charge in [-0.3, -0.25) is 4.79 Å². The number of carbonyl (C=O) groups excluding carboxylic acids is 1. The van der Waals surface area contributed by atoms with Gasteiger partial charge in [-0.15, -0.1) is 0 Å². The zero-order valence-corrected chi connectivity index (χ0v) is 14.4. The topological polar surface area (TPSA) is 42.7 Å². The van der Waals surface area contributed by atoms with Crippen LogP contribution in [0.5, 0.6) is 5.75 Å². The van der Waals surface area contributed by atoms with Crippen LogP contribution < -0.4 is 4.74 Å². The monoisotopic (exact) mass is 335 g/mol. The Morgan fingerprint density at radius 1 is 1.00 bits per heavy atom. The molecule has 0 N–H and O–H groups in total. The van der Waals surface area contributed by atoms with E-state index in [4.69, 9.17) is 9.15 Å². The first kappa shape index (κ1) is 16.8. The summed E-state index contributed by atoms with van der Waals surface area (Å²) in [4.78, 5) is 13.9. The number of ether oxygens (including phenoxy) is 1. The molecule has 0 saturated carbocycles. The second-order valence-corrected chi connectivity index (χ2v) is 5.91. The highest BCUT2D eigenvalue weighted by Gasteiger charge is 2.13. The van der Waals surface area contributed by atoms with E-state index in [9.17, 15) is 4.79 Å². The quantitative estimate of drug-likeness (QED) is 0.675. The highest BCUT2D eigenvalue weighted by Crippen LogP contribution is 2.29.